The van der Waals surface area contributed by atoms with Gasteiger partial charge in [-0.1, -0.05) is 19.1 Å². The molecular formula is C16H25N3O2. The van der Waals surface area contributed by atoms with Crippen LogP contribution in [0.5, 0.6) is 0 Å². The number of carbonyl (C=O) groups excluding carboxylic acids is 2. The number of hydrogen-bond donors (Lipinski definition) is 3. The molecule has 5 heteroatoms. The second kappa shape index (κ2) is 7.67. The highest BCUT2D eigenvalue weighted by Gasteiger charge is 2.15. The Morgan fingerprint density at radius 1 is 1.14 bits per heavy atom. The van der Waals surface area contributed by atoms with Gasteiger partial charge >= 0.3 is 0 Å². The van der Waals surface area contributed by atoms with Gasteiger partial charge in [-0.25, -0.2) is 0 Å². The Bertz CT molecular complexity index is 493. The summed E-state index contributed by atoms with van der Waals surface area (Å²) in [5.41, 5.74) is 1.03. The van der Waals surface area contributed by atoms with E-state index in [1.54, 1.807) is 12.1 Å². The van der Waals surface area contributed by atoms with E-state index in [1.165, 1.54) is 0 Å². The largest absolute Gasteiger partial charge is 0.384 e. The molecule has 0 saturated heterocycles. The van der Waals surface area contributed by atoms with Crippen LogP contribution in [0.3, 0.4) is 0 Å². The standard InChI is InChI=1S/C16H25N3O2/c1-5-10-17-13-9-7-6-8-12(13)15(21)18-11-14(20)19-16(2,3)4/h6-9,17H,5,10-11H2,1-4H3,(H,18,21)(H,19,20). The third-order valence-corrected chi connectivity index (χ3v) is 2.66. The first-order valence-electron chi connectivity index (χ1n) is 7.25. The number of rotatable bonds is 6. The van der Waals surface area contributed by atoms with Gasteiger partial charge in [0.25, 0.3) is 5.91 Å². The first-order chi connectivity index (χ1) is 9.83. The van der Waals surface area contributed by atoms with Gasteiger partial charge in [-0.3, -0.25) is 9.59 Å². The number of amides is 2. The van der Waals surface area contributed by atoms with Crippen LogP contribution in [0, 0.1) is 0 Å². The lowest BCUT2D eigenvalue weighted by atomic mass is 10.1. The number of hydrogen-bond acceptors (Lipinski definition) is 3. The molecule has 0 aromatic heterocycles. The summed E-state index contributed by atoms with van der Waals surface area (Å²) in [6, 6.07) is 7.29. The van der Waals surface area contributed by atoms with E-state index in [-0.39, 0.29) is 23.9 Å². The summed E-state index contributed by atoms with van der Waals surface area (Å²) in [5, 5.41) is 8.66. The first kappa shape index (κ1) is 17.0. The molecule has 0 fully saturated rings. The third kappa shape index (κ3) is 6.29. The average Bonchev–Trinajstić information content (AvgIpc) is 2.41. The Hall–Kier alpha value is -2.04. The van der Waals surface area contributed by atoms with Crippen LogP contribution in [0.1, 0.15) is 44.5 Å². The van der Waals surface area contributed by atoms with Crippen molar-refractivity contribution in [1.82, 2.24) is 10.6 Å². The summed E-state index contributed by atoms with van der Waals surface area (Å²) in [6.07, 6.45) is 0.976. The van der Waals surface area contributed by atoms with E-state index >= 15 is 0 Å². The van der Waals surface area contributed by atoms with Gasteiger partial charge in [0.2, 0.25) is 5.91 Å². The van der Waals surface area contributed by atoms with Crippen molar-refractivity contribution in [2.45, 2.75) is 39.7 Å². The molecule has 0 unspecified atom stereocenters. The van der Waals surface area contributed by atoms with Crippen molar-refractivity contribution in [3.05, 3.63) is 29.8 Å². The molecule has 0 aliphatic heterocycles. The number of para-hydroxylation sites is 1. The normalized spacial score (nSPS) is 10.9. The second-order valence-electron chi connectivity index (χ2n) is 5.95. The Balaban J connectivity index is 2.61. The van der Waals surface area contributed by atoms with Crippen LogP contribution in [0.4, 0.5) is 5.69 Å². The smallest absolute Gasteiger partial charge is 0.253 e. The topological polar surface area (TPSA) is 70.2 Å². The molecule has 0 spiro atoms. The molecular weight excluding hydrogens is 266 g/mol. The summed E-state index contributed by atoms with van der Waals surface area (Å²) < 4.78 is 0. The number of carbonyl (C=O) groups is 2. The molecule has 2 amide bonds. The van der Waals surface area contributed by atoms with E-state index in [9.17, 15) is 9.59 Å². The van der Waals surface area contributed by atoms with Crippen molar-refractivity contribution >= 4 is 17.5 Å². The Morgan fingerprint density at radius 2 is 1.81 bits per heavy atom. The van der Waals surface area contributed by atoms with Gasteiger partial charge in [0, 0.05) is 17.8 Å². The molecule has 0 aliphatic carbocycles. The summed E-state index contributed by atoms with van der Waals surface area (Å²) in [4.78, 5) is 23.9. The second-order valence-corrected chi connectivity index (χ2v) is 5.95. The lowest BCUT2D eigenvalue weighted by Crippen LogP contribution is -2.45. The number of anilines is 1. The van der Waals surface area contributed by atoms with E-state index in [1.807, 2.05) is 32.9 Å². The maximum Gasteiger partial charge on any atom is 0.253 e. The molecule has 1 aromatic rings. The molecule has 0 saturated carbocycles. The molecule has 1 aromatic carbocycles. The van der Waals surface area contributed by atoms with E-state index in [0.717, 1.165) is 18.7 Å². The Kier molecular flexibility index (Phi) is 6.21. The SMILES string of the molecule is CCCNc1ccccc1C(=O)NCC(=O)NC(C)(C)C. The fraction of sp³-hybridized carbons (Fsp3) is 0.500. The molecule has 0 heterocycles. The average molecular weight is 291 g/mol. The molecule has 0 aliphatic rings. The van der Waals surface area contributed by atoms with Crippen LogP contribution in [-0.4, -0.2) is 30.4 Å². The fourth-order valence-electron chi connectivity index (χ4n) is 1.81. The molecule has 21 heavy (non-hydrogen) atoms. The van der Waals surface area contributed by atoms with Crippen molar-refractivity contribution in [3.63, 3.8) is 0 Å². The van der Waals surface area contributed by atoms with Gasteiger partial charge in [0.15, 0.2) is 0 Å². The quantitative estimate of drug-likeness (QED) is 0.752. The Labute approximate surface area is 126 Å². The lowest BCUT2D eigenvalue weighted by Gasteiger charge is -2.20. The predicted octanol–water partition coefficient (Wildman–Crippen LogP) is 2.15. The molecule has 0 atom stereocenters. The molecule has 5 nitrogen and oxygen atoms in total. The monoisotopic (exact) mass is 291 g/mol. The predicted molar refractivity (Wildman–Crippen MR) is 85.5 cm³/mol. The van der Waals surface area contributed by atoms with E-state index < -0.39 is 0 Å². The number of nitrogens with one attached hydrogen (secondary N) is 3. The maximum atomic E-state index is 12.2. The van der Waals surface area contributed by atoms with Crippen molar-refractivity contribution in [2.75, 3.05) is 18.4 Å². The first-order valence-corrected chi connectivity index (χ1v) is 7.25. The minimum absolute atomic E-state index is 0.0295. The number of benzene rings is 1. The van der Waals surface area contributed by atoms with Crippen molar-refractivity contribution in [3.8, 4) is 0 Å². The van der Waals surface area contributed by atoms with E-state index in [0.29, 0.717) is 5.56 Å². The highest BCUT2D eigenvalue weighted by atomic mass is 16.2. The minimum atomic E-state index is -0.303. The molecule has 3 N–H and O–H groups in total. The van der Waals surface area contributed by atoms with Crippen LogP contribution in [-0.2, 0) is 4.79 Å². The van der Waals surface area contributed by atoms with Crippen LogP contribution >= 0.6 is 0 Å². The van der Waals surface area contributed by atoms with Crippen LogP contribution < -0.4 is 16.0 Å². The summed E-state index contributed by atoms with van der Waals surface area (Å²) in [6.45, 7) is 8.53. The summed E-state index contributed by atoms with van der Waals surface area (Å²) in [5.74, 6) is -0.451. The van der Waals surface area contributed by atoms with Gasteiger partial charge in [-0.15, -0.1) is 0 Å². The zero-order valence-electron chi connectivity index (χ0n) is 13.2. The zero-order chi connectivity index (χ0) is 15.9. The van der Waals surface area contributed by atoms with Crippen molar-refractivity contribution in [1.29, 1.82) is 0 Å². The van der Waals surface area contributed by atoms with E-state index in [2.05, 4.69) is 22.9 Å². The summed E-state index contributed by atoms with van der Waals surface area (Å²) >= 11 is 0. The molecule has 0 bridgehead atoms. The van der Waals surface area contributed by atoms with Gasteiger partial charge in [-0.05, 0) is 39.3 Å². The van der Waals surface area contributed by atoms with Gasteiger partial charge < -0.3 is 16.0 Å². The molecule has 1 rings (SSSR count). The lowest BCUT2D eigenvalue weighted by molar-refractivity contribution is -0.121. The van der Waals surface area contributed by atoms with Crippen LogP contribution in [0.2, 0.25) is 0 Å². The Morgan fingerprint density at radius 3 is 2.43 bits per heavy atom. The molecule has 116 valence electrons. The van der Waals surface area contributed by atoms with Crippen molar-refractivity contribution < 1.29 is 9.59 Å². The zero-order valence-corrected chi connectivity index (χ0v) is 13.2. The van der Waals surface area contributed by atoms with Crippen LogP contribution in [0.15, 0.2) is 24.3 Å². The molecule has 0 radical (unpaired) electrons. The summed E-state index contributed by atoms with van der Waals surface area (Å²) in [7, 11) is 0. The van der Waals surface area contributed by atoms with Crippen LogP contribution in [0.25, 0.3) is 0 Å². The highest BCUT2D eigenvalue weighted by Crippen LogP contribution is 2.14. The van der Waals surface area contributed by atoms with Gasteiger partial charge in [0.05, 0.1) is 12.1 Å². The maximum absolute atomic E-state index is 12.2. The minimum Gasteiger partial charge on any atom is -0.384 e. The highest BCUT2D eigenvalue weighted by molar-refractivity contribution is 6.01. The van der Waals surface area contributed by atoms with E-state index in [4.69, 9.17) is 0 Å². The van der Waals surface area contributed by atoms with Gasteiger partial charge in [-0.2, -0.15) is 0 Å². The third-order valence-electron chi connectivity index (χ3n) is 2.66. The van der Waals surface area contributed by atoms with Gasteiger partial charge in [0.1, 0.15) is 0 Å². The fourth-order valence-corrected chi connectivity index (χ4v) is 1.81. The van der Waals surface area contributed by atoms with Crippen molar-refractivity contribution in [2.24, 2.45) is 0 Å².